The monoisotopic (exact) mass is 345 g/mol. The van der Waals surface area contributed by atoms with E-state index in [1.807, 2.05) is 41.8 Å². The summed E-state index contributed by atoms with van der Waals surface area (Å²) in [4.78, 5) is 28.7. The molecule has 0 aromatic heterocycles. The Bertz CT molecular complexity index is 557. The molecule has 1 fully saturated rings. The van der Waals surface area contributed by atoms with Crippen LogP contribution in [0.4, 0.5) is 4.79 Å². The molecular weight excluding hydrogens is 314 g/mol. The average Bonchev–Trinajstić information content (AvgIpc) is 2.67. The van der Waals surface area contributed by atoms with Gasteiger partial charge in [0, 0.05) is 32.7 Å². The lowest BCUT2D eigenvalue weighted by Gasteiger charge is -2.35. The standard InChI is InChI=1S/C20H31N3O2/c1-4-22(5-2)20(25)23-13-9-12-18(15-23)19(24)21-14-16(3)17-10-7-6-8-11-17/h6-8,10-11,16,18H,4-5,9,12-15H2,1-3H3,(H,21,24)/t16-,18-/m1/s1. The first-order valence-electron chi connectivity index (χ1n) is 9.43. The van der Waals surface area contributed by atoms with Crippen LogP contribution < -0.4 is 5.32 Å². The molecule has 2 atom stereocenters. The summed E-state index contributed by atoms with van der Waals surface area (Å²) >= 11 is 0. The summed E-state index contributed by atoms with van der Waals surface area (Å²) < 4.78 is 0. The van der Waals surface area contributed by atoms with Crippen LogP contribution in [0.1, 0.15) is 45.1 Å². The Kier molecular flexibility index (Phi) is 7.29. The molecule has 1 aromatic carbocycles. The third-order valence-electron chi connectivity index (χ3n) is 5.05. The molecule has 2 rings (SSSR count). The van der Waals surface area contributed by atoms with Crippen LogP contribution in [0.3, 0.4) is 0 Å². The third kappa shape index (κ3) is 5.21. The van der Waals surface area contributed by atoms with E-state index in [0.717, 1.165) is 19.4 Å². The fourth-order valence-electron chi connectivity index (χ4n) is 3.36. The summed E-state index contributed by atoms with van der Waals surface area (Å²) in [5.74, 6) is 0.248. The van der Waals surface area contributed by atoms with Gasteiger partial charge in [0.2, 0.25) is 5.91 Å². The number of carbonyl (C=O) groups excluding carboxylic acids is 2. The van der Waals surface area contributed by atoms with Crippen molar-refractivity contribution in [1.82, 2.24) is 15.1 Å². The highest BCUT2D eigenvalue weighted by atomic mass is 16.2. The average molecular weight is 345 g/mol. The number of amides is 3. The number of benzene rings is 1. The maximum absolute atomic E-state index is 12.5. The van der Waals surface area contributed by atoms with E-state index in [1.54, 1.807) is 0 Å². The Hall–Kier alpha value is -2.04. The lowest BCUT2D eigenvalue weighted by Crippen LogP contribution is -2.50. The minimum Gasteiger partial charge on any atom is -0.355 e. The van der Waals surface area contributed by atoms with Gasteiger partial charge in [0.15, 0.2) is 0 Å². The first-order chi connectivity index (χ1) is 12.1. The predicted octanol–water partition coefficient (Wildman–Crippen LogP) is 3.08. The summed E-state index contributed by atoms with van der Waals surface area (Å²) in [7, 11) is 0. The van der Waals surface area contributed by atoms with Gasteiger partial charge in [-0.15, -0.1) is 0 Å². The molecule has 3 amide bonds. The topological polar surface area (TPSA) is 52.7 Å². The third-order valence-corrected chi connectivity index (χ3v) is 5.05. The highest BCUT2D eigenvalue weighted by Crippen LogP contribution is 2.19. The smallest absolute Gasteiger partial charge is 0.320 e. The number of urea groups is 1. The fourth-order valence-corrected chi connectivity index (χ4v) is 3.36. The molecule has 0 aliphatic carbocycles. The number of hydrogen-bond donors (Lipinski definition) is 1. The van der Waals surface area contributed by atoms with E-state index in [1.165, 1.54) is 5.56 Å². The van der Waals surface area contributed by atoms with Crippen molar-refractivity contribution in [1.29, 1.82) is 0 Å². The second kappa shape index (κ2) is 9.44. The Morgan fingerprint density at radius 2 is 1.92 bits per heavy atom. The molecule has 25 heavy (non-hydrogen) atoms. The highest BCUT2D eigenvalue weighted by Gasteiger charge is 2.30. The summed E-state index contributed by atoms with van der Waals surface area (Å²) in [6, 6.07) is 10.3. The molecule has 0 unspecified atom stereocenters. The van der Waals surface area contributed by atoms with Crippen LogP contribution in [0.2, 0.25) is 0 Å². The second-order valence-electron chi connectivity index (χ2n) is 6.80. The molecule has 1 heterocycles. The number of rotatable bonds is 6. The zero-order valence-electron chi connectivity index (χ0n) is 15.7. The van der Waals surface area contributed by atoms with Crippen LogP contribution in [0, 0.1) is 5.92 Å². The Labute approximate surface area is 151 Å². The van der Waals surface area contributed by atoms with Gasteiger partial charge in [-0.3, -0.25) is 4.79 Å². The van der Waals surface area contributed by atoms with Gasteiger partial charge in [0.05, 0.1) is 5.92 Å². The zero-order valence-corrected chi connectivity index (χ0v) is 15.7. The molecule has 0 spiro atoms. The van der Waals surface area contributed by atoms with E-state index in [0.29, 0.717) is 26.2 Å². The SMILES string of the molecule is CCN(CC)C(=O)N1CCC[C@@H](C(=O)NC[C@@H](C)c2ccccc2)C1. The maximum atomic E-state index is 12.5. The zero-order chi connectivity index (χ0) is 18.2. The van der Waals surface area contributed by atoms with Crippen LogP contribution in [-0.2, 0) is 4.79 Å². The molecule has 1 aromatic rings. The number of carbonyl (C=O) groups is 2. The van der Waals surface area contributed by atoms with Crippen molar-refractivity contribution < 1.29 is 9.59 Å². The van der Waals surface area contributed by atoms with Crippen molar-refractivity contribution in [2.75, 3.05) is 32.7 Å². The molecule has 1 N–H and O–H groups in total. The van der Waals surface area contributed by atoms with E-state index in [9.17, 15) is 9.59 Å². The van der Waals surface area contributed by atoms with Gasteiger partial charge in [-0.25, -0.2) is 4.79 Å². The largest absolute Gasteiger partial charge is 0.355 e. The van der Waals surface area contributed by atoms with Crippen molar-refractivity contribution in [3.63, 3.8) is 0 Å². The normalized spacial score (nSPS) is 18.5. The maximum Gasteiger partial charge on any atom is 0.320 e. The van der Waals surface area contributed by atoms with Gasteiger partial charge >= 0.3 is 6.03 Å². The Morgan fingerprint density at radius 3 is 2.56 bits per heavy atom. The molecular formula is C20H31N3O2. The number of hydrogen-bond acceptors (Lipinski definition) is 2. The fraction of sp³-hybridized carbons (Fsp3) is 0.600. The molecule has 1 saturated heterocycles. The first-order valence-corrected chi connectivity index (χ1v) is 9.43. The summed E-state index contributed by atoms with van der Waals surface area (Å²) in [6.45, 7) is 9.41. The molecule has 0 radical (unpaired) electrons. The molecule has 5 nitrogen and oxygen atoms in total. The minimum absolute atomic E-state index is 0.0557. The molecule has 0 saturated carbocycles. The number of likely N-dealkylation sites (tertiary alicyclic amines) is 1. The summed E-state index contributed by atoms with van der Waals surface area (Å²) in [6.07, 6.45) is 1.74. The molecule has 0 bridgehead atoms. The van der Waals surface area contributed by atoms with Crippen molar-refractivity contribution in [3.05, 3.63) is 35.9 Å². The number of nitrogens with one attached hydrogen (secondary N) is 1. The van der Waals surface area contributed by atoms with E-state index < -0.39 is 0 Å². The van der Waals surface area contributed by atoms with E-state index in [4.69, 9.17) is 0 Å². The van der Waals surface area contributed by atoms with Gasteiger partial charge in [0.1, 0.15) is 0 Å². The molecule has 138 valence electrons. The van der Waals surface area contributed by atoms with Crippen LogP contribution in [0.15, 0.2) is 30.3 Å². The van der Waals surface area contributed by atoms with Crippen LogP contribution in [0.25, 0.3) is 0 Å². The second-order valence-corrected chi connectivity index (χ2v) is 6.80. The first kappa shape index (κ1) is 19.3. The molecule has 1 aliphatic rings. The van der Waals surface area contributed by atoms with Crippen molar-refractivity contribution >= 4 is 11.9 Å². The lowest BCUT2D eigenvalue weighted by atomic mass is 9.96. The van der Waals surface area contributed by atoms with E-state index in [-0.39, 0.29) is 23.8 Å². The molecule has 1 aliphatic heterocycles. The van der Waals surface area contributed by atoms with Gasteiger partial charge in [0.25, 0.3) is 0 Å². The quantitative estimate of drug-likeness (QED) is 0.861. The Morgan fingerprint density at radius 1 is 1.24 bits per heavy atom. The highest BCUT2D eigenvalue weighted by molar-refractivity contribution is 5.81. The predicted molar refractivity (Wildman–Crippen MR) is 100 cm³/mol. The van der Waals surface area contributed by atoms with Crippen LogP contribution >= 0.6 is 0 Å². The van der Waals surface area contributed by atoms with Gasteiger partial charge in [-0.2, -0.15) is 0 Å². The van der Waals surface area contributed by atoms with Gasteiger partial charge < -0.3 is 15.1 Å². The Balaban J connectivity index is 1.86. The van der Waals surface area contributed by atoms with Crippen molar-refractivity contribution in [2.45, 2.75) is 39.5 Å². The summed E-state index contributed by atoms with van der Waals surface area (Å²) in [5.41, 5.74) is 1.23. The number of piperidine rings is 1. The van der Waals surface area contributed by atoms with Gasteiger partial charge in [-0.1, -0.05) is 37.3 Å². The van der Waals surface area contributed by atoms with E-state index >= 15 is 0 Å². The molecule has 5 heteroatoms. The van der Waals surface area contributed by atoms with Crippen molar-refractivity contribution in [2.24, 2.45) is 5.92 Å². The minimum atomic E-state index is -0.101. The van der Waals surface area contributed by atoms with E-state index in [2.05, 4.69) is 24.4 Å². The number of nitrogens with zero attached hydrogens (tertiary/aromatic N) is 2. The van der Waals surface area contributed by atoms with Crippen LogP contribution in [-0.4, -0.2) is 54.5 Å². The van der Waals surface area contributed by atoms with Crippen LogP contribution in [0.5, 0.6) is 0 Å². The van der Waals surface area contributed by atoms with Gasteiger partial charge in [-0.05, 0) is 38.2 Å². The van der Waals surface area contributed by atoms with Crippen molar-refractivity contribution in [3.8, 4) is 0 Å². The summed E-state index contributed by atoms with van der Waals surface area (Å²) in [5, 5.41) is 3.08. The lowest BCUT2D eigenvalue weighted by molar-refractivity contribution is -0.126.